The Morgan fingerprint density at radius 2 is 1.80 bits per heavy atom. The molecule has 0 radical (unpaired) electrons. The lowest BCUT2D eigenvalue weighted by Gasteiger charge is -2.33. The molecule has 0 saturated carbocycles. The maximum atomic E-state index is 12.6. The van der Waals surface area contributed by atoms with Crippen molar-refractivity contribution >= 4 is 5.91 Å². The second kappa shape index (κ2) is 10.8. The average Bonchev–Trinajstić information content (AvgIpc) is 2.81. The van der Waals surface area contributed by atoms with E-state index in [4.69, 9.17) is 18.9 Å². The van der Waals surface area contributed by atoms with Crippen molar-refractivity contribution in [3.05, 3.63) is 53.6 Å². The minimum Gasteiger partial charge on any atom is -0.493 e. The standard InChI is InChI=1S/C23H30N2O5/c1-27-19-14-18(15-20(28-2)22(19)29-3)23(26)24-10-7-11-25-12-13-30-21(16-25)17-8-5-4-6-9-17/h4-6,8-9,14-15,21H,7,10-13,16H2,1-3H3,(H,24,26)/t21-/m0/s1. The Hall–Kier alpha value is -2.77. The molecule has 1 saturated heterocycles. The summed E-state index contributed by atoms with van der Waals surface area (Å²) in [5, 5.41) is 2.97. The summed E-state index contributed by atoms with van der Waals surface area (Å²) in [5.74, 6) is 1.22. The number of morpholine rings is 1. The smallest absolute Gasteiger partial charge is 0.251 e. The molecule has 0 bridgehead atoms. The van der Waals surface area contributed by atoms with E-state index in [9.17, 15) is 4.79 Å². The van der Waals surface area contributed by atoms with Gasteiger partial charge in [-0.25, -0.2) is 0 Å². The van der Waals surface area contributed by atoms with Crippen molar-refractivity contribution in [1.29, 1.82) is 0 Å². The van der Waals surface area contributed by atoms with Gasteiger partial charge in [-0.15, -0.1) is 0 Å². The lowest BCUT2D eigenvalue weighted by atomic mass is 10.1. The molecule has 7 nitrogen and oxygen atoms in total. The first kappa shape index (κ1) is 21.9. The molecule has 1 aliphatic rings. The van der Waals surface area contributed by atoms with Crippen LogP contribution in [0.3, 0.4) is 0 Å². The third-order valence-electron chi connectivity index (χ3n) is 5.19. The van der Waals surface area contributed by atoms with E-state index in [1.54, 1.807) is 12.1 Å². The van der Waals surface area contributed by atoms with E-state index in [2.05, 4.69) is 22.3 Å². The van der Waals surface area contributed by atoms with Crippen LogP contribution in [0.1, 0.15) is 28.4 Å². The van der Waals surface area contributed by atoms with E-state index in [0.717, 1.165) is 32.7 Å². The van der Waals surface area contributed by atoms with Gasteiger partial charge in [-0.05, 0) is 24.1 Å². The minimum absolute atomic E-state index is 0.105. The minimum atomic E-state index is -0.168. The van der Waals surface area contributed by atoms with Crippen molar-refractivity contribution in [3.8, 4) is 17.2 Å². The zero-order valence-corrected chi connectivity index (χ0v) is 17.8. The van der Waals surface area contributed by atoms with Crippen molar-refractivity contribution in [1.82, 2.24) is 10.2 Å². The second-order valence-corrected chi connectivity index (χ2v) is 7.09. The number of carbonyl (C=O) groups is 1. The summed E-state index contributed by atoms with van der Waals surface area (Å²) in [5.41, 5.74) is 1.68. The predicted octanol–water partition coefficient (Wildman–Crippen LogP) is 2.91. The van der Waals surface area contributed by atoms with Crippen LogP contribution in [-0.4, -0.2) is 64.9 Å². The van der Waals surface area contributed by atoms with Crippen LogP contribution in [0, 0.1) is 0 Å². The van der Waals surface area contributed by atoms with Gasteiger partial charge >= 0.3 is 0 Å². The summed E-state index contributed by atoms with van der Waals surface area (Å²) in [6.07, 6.45) is 0.964. The van der Waals surface area contributed by atoms with Gasteiger partial charge < -0.3 is 24.3 Å². The van der Waals surface area contributed by atoms with Crippen molar-refractivity contribution in [3.63, 3.8) is 0 Å². The van der Waals surface area contributed by atoms with E-state index in [1.165, 1.54) is 26.9 Å². The first-order valence-electron chi connectivity index (χ1n) is 10.1. The molecule has 0 unspecified atom stereocenters. The Labute approximate surface area is 177 Å². The highest BCUT2D eigenvalue weighted by Crippen LogP contribution is 2.38. The van der Waals surface area contributed by atoms with Crippen LogP contribution in [0.2, 0.25) is 0 Å². The largest absolute Gasteiger partial charge is 0.493 e. The topological polar surface area (TPSA) is 69.3 Å². The number of carbonyl (C=O) groups excluding carboxylic acids is 1. The maximum Gasteiger partial charge on any atom is 0.251 e. The molecular weight excluding hydrogens is 384 g/mol. The molecule has 30 heavy (non-hydrogen) atoms. The number of benzene rings is 2. The highest BCUT2D eigenvalue weighted by molar-refractivity contribution is 5.95. The van der Waals surface area contributed by atoms with Gasteiger partial charge in [0.2, 0.25) is 5.75 Å². The van der Waals surface area contributed by atoms with Crippen molar-refractivity contribution < 1.29 is 23.7 Å². The number of methoxy groups -OCH3 is 3. The molecule has 2 aromatic carbocycles. The van der Waals surface area contributed by atoms with Crippen molar-refractivity contribution in [2.75, 3.05) is 54.1 Å². The van der Waals surface area contributed by atoms with Crippen LogP contribution < -0.4 is 19.5 Å². The van der Waals surface area contributed by atoms with E-state index < -0.39 is 0 Å². The molecule has 1 amide bonds. The Balaban J connectivity index is 1.49. The molecule has 2 aromatic rings. The second-order valence-electron chi connectivity index (χ2n) is 7.09. The van der Waals surface area contributed by atoms with E-state index in [-0.39, 0.29) is 12.0 Å². The molecule has 0 aliphatic carbocycles. The predicted molar refractivity (Wildman–Crippen MR) is 115 cm³/mol. The zero-order chi connectivity index (χ0) is 21.3. The average molecular weight is 415 g/mol. The van der Waals surface area contributed by atoms with Gasteiger partial charge in [0.1, 0.15) is 0 Å². The SMILES string of the molecule is COc1cc(C(=O)NCCCN2CCO[C@H](c3ccccc3)C2)cc(OC)c1OC. The van der Waals surface area contributed by atoms with Gasteiger partial charge in [-0.2, -0.15) is 0 Å². The zero-order valence-electron chi connectivity index (χ0n) is 17.8. The van der Waals surface area contributed by atoms with Crippen LogP contribution in [0.15, 0.2) is 42.5 Å². The fraction of sp³-hybridized carbons (Fsp3) is 0.435. The Kier molecular flexibility index (Phi) is 7.93. The summed E-state index contributed by atoms with van der Waals surface area (Å²) in [6.45, 7) is 3.98. The Morgan fingerprint density at radius 1 is 1.10 bits per heavy atom. The molecule has 1 aliphatic heterocycles. The third kappa shape index (κ3) is 5.43. The highest BCUT2D eigenvalue weighted by Gasteiger charge is 2.21. The van der Waals surface area contributed by atoms with Gasteiger partial charge in [-0.1, -0.05) is 30.3 Å². The van der Waals surface area contributed by atoms with Gasteiger partial charge in [0.15, 0.2) is 11.5 Å². The molecule has 1 atom stereocenters. The summed E-state index contributed by atoms with van der Waals surface area (Å²) in [7, 11) is 4.60. The highest BCUT2D eigenvalue weighted by atomic mass is 16.5. The lowest BCUT2D eigenvalue weighted by molar-refractivity contribution is -0.0301. The maximum absolute atomic E-state index is 12.6. The fourth-order valence-corrected chi connectivity index (χ4v) is 3.59. The Bertz CT molecular complexity index is 803. The normalized spacial score (nSPS) is 16.7. The number of nitrogens with zero attached hydrogens (tertiary/aromatic N) is 1. The van der Waals surface area contributed by atoms with Gasteiger partial charge in [0.05, 0.1) is 34.0 Å². The monoisotopic (exact) mass is 414 g/mol. The van der Waals surface area contributed by atoms with E-state index in [0.29, 0.717) is 29.4 Å². The molecule has 3 rings (SSSR count). The van der Waals surface area contributed by atoms with Gasteiger partial charge in [0.25, 0.3) is 5.91 Å². The number of rotatable bonds is 9. The fourth-order valence-electron chi connectivity index (χ4n) is 3.59. The first-order valence-corrected chi connectivity index (χ1v) is 10.1. The summed E-state index contributed by atoms with van der Waals surface area (Å²) in [4.78, 5) is 15.0. The van der Waals surface area contributed by atoms with Crippen LogP contribution in [-0.2, 0) is 4.74 Å². The molecule has 1 fully saturated rings. The number of ether oxygens (including phenoxy) is 4. The van der Waals surface area contributed by atoms with Crippen LogP contribution in [0.4, 0.5) is 0 Å². The Morgan fingerprint density at radius 3 is 2.43 bits per heavy atom. The lowest BCUT2D eigenvalue weighted by Crippen LogP contribution is -2.39. The molecule has 1 heterocycles. The number of hydrogen-bond donors (Lipinski definition) is 1. The molecule has 0 spiro atoms. The molecule has 0 aromatic heterocycles. The third-order valence-corrected chi connectivity index (χ3v) is 5.19. The summed E-state index contributed by atoms with van der Waals surface area (Å²) >= 11 is 0. The number of nitrogens with one attached hydrogen (secondary N) is 1. The molecule has 1 N–H and O–H groups in total. The first-order chi connectivity index (χ1) is 14.7. The quantitative estimate of drug-likeness (QED) is 0.637. The van der Waals surface area contributed by atoms with Crippen molar-refractivity contribution in [2.24, 2.45) is 0 Å². The van der Waals surface area contributed by atoms with Crippen LogP contribution in [0.25, 0.3) is 0 Å². The molecular formula is C23H30N2O5. The van der Waals surface area contributed by atoms with Gasteiger partial charge in [0, 0.05) is 31.7 Å². The number of amides is 1. The summed E-state index contributed by atoms with van der Waals surface area (Å²) in [6, 6.07) is 13.6. The van der Waals surface area contributed by atoms with Crippen molar-refractivity contribution in [2.45, 2.75) is 12.5 Å². The van der Waals surface area contributed by atoms with E-state index in [1.807, 2.05) is 18.2 Å². The summed E-state index contributed by atoms with van der Waals surface area (Å²) < 4.78 is 21.9. The number of hydrogen-bond acceptors (Lipinski definition) is 6. The molecule has 7 heteroatoms. The van der Waals surface area contributed by atoms with Crippen LogP contribution in [0.5, 0.6) is 17.2 Å². The molecule has 162 valence electrons. The van der Waals surface area contributed by atoms with Gasteiger partial charge in [-0.3, -0.25) is 9.69 Å². The van der Waals surface area contributed by atoms with Crippen LogP contribution >= 0.6 is 0 Å². The van der Waals surface area contributed by atoms with E-state index >= 15 is 0 Å².